The highest BCUT2D eigenvalue weighted by atomic mass is 35.5. The van der Waals surface area contributed by atoms with E-state index in [1.54, 1.807) is 6.07 Å². The van der Waals surface area contributed by atoms with Gasteiger partial charge in [-0.25, -0.2) is 4.39 Å². The summed E-state index contributed by atoms with van der Waals surface area (Å²) in [6, 6.07) is 3.09. The van der Waals surface area contributed by atoms with E-state index in [0.717, 1.165) is 31.2 Å². The molecular weight excluding hydrogens is 229 g/mol. The molecule has 1 aliphatic carbocycles. The number of rotatable bonds is 4. The van der Waals surface area contributed by atoms with Crippen molar-refractivity contribution in [3.05, 3.63) is 28.5 Å². The van der Waals surface area contributed by atoms with Gasteiger partial charge in [-0.05, 0) is 37.3 Å². The van der Waals surface area contributed by atoms with Crippen LogP contribution in [-0.4, -0.2) is 12.6 Å². The topological polar surface area (TPSA) is 35.2 Å². The van der Waals surface area contributed by atoms with Crippen LogP contribution in [0.15, 0.2) is 12.1 Å². The number of methoxy groups -OCH3 is 1. The lowest BCUT2D eigenvalue weighted by Gasteiger charge is -2.13. The van der Waals surface area contributed by atoms with Crippen molar-refractivity contribution in [3.63, 3.8) is 0 Å². The number of aryl methyl sites for hydroxylation is 1. The summed E-state index contributed by atoms with van der Waals surface area (Å²) in [5, 5.41) is 0.0573. The van der Waals surface area contributed by atoms with Gasteiger partial charge in [-0.3, -0.25) is 0 Å². The number of ether oxygens (including phenoxy) is 1. The SMILES string of the molecule is COc1c(CCC2(N)CC2)ccc(F)c1Cl. The highest BCUT2D eigenvalue weighted by molar-refractivity contribution is 6.32. The first-order valence-corrected chi connectivity index (χ1v) is 5.73. The van der Waals surface area contributed by atoms with E-state index in [4.69, 9.17) is 22.1 Å². The molecule has 0 atom stereocenters. The minimum Gasteiger partial charge on any atom is -0.495 e. The quantitative estimate of drug-likeness (QED) is 0.883. The Hall–Kier alpha value is -0.800. The molecule has 0 aromatic heterocycles. The van der Waals surface area contributed by atoms with E-state index in [1.807, 2.05) is 0 Å². The van der Waals surface area contributed by atoms with Crippen molar-refractivity contribution in [1.82, 2.24) is 0 Å². The molecule has 4 heteroatoms. The molecule has 0 amide bonds. The van der Waals surface area contributed by atoms with Gasteiger partial charge in [0.05, 0.1) is 7.11 Å². The van der Waals surface area contributed by atoms with Crippen LogP contribution in [0.25, 0.3) is 0 Å². The Kier molecular flexibility index (Phi) is 3.08. The summed E-state index contributed by atoms with van der Waals surface area (Å²) in [6.45, 7) is 0. The van der Waals surface area contributed by atoms with Gasteiger partial charge in [0, 0.05) is 5.54 Å². The molecule has 16 heavy (non-hydrogen) atoms. The summed E-state index contributed by atoms with van der Waals surface area (Å²) in [7, 11) is 1.50. The monoisotopic (exact) mass is 243 g/mol. The number of nitrogens with two attached hydrogens (primary N) is 1. The molecule has 0 radical (unpaired) electrons. The van der Waals surface area contributed by atoms with Gasteiger partial charge in [0.2, 0.25) is 0 Å². The van der Waals surface area contributed by atoms with Crippen LogP contribution < -0.4 is 10.5 Å². The first-order valence-electron chi connectivity index (χ1n) is 5.35. The Labute approximate surface area is 99.5 Å². The van der Waals surface area contributed by atoms with Gasteiger partial charge in [-0.1, -0.05) is 17.7 Å². The molecule has 2 nitrogen and oxygen atoms in total. The molecule has 0 heterocycles. The molecule has 88 valence electrons. The smallest absolute Gasteiger partial charge is 0.145 e. The van der Waals surface area contributed by atoms with Crippen LogP contribution in [0.2, 0.25) is 5.02 Å². The molecule has 0 saturated heterocycles. The number of hydrogen-bond donors (Lipinski definition) is 1. The molecule has 1 fully saturated rings. The normalized spacial score (nSPS) is 17.2. The Balaban J connectivity index is 2.16. The van der Waals surface area contributed by atoms with Gasteiger partial charge in [-0.15, -0.1) is 0 Å². The largest absolute Gasteiger partial charge is 0.495 e. The predicted octanol–water partition coefficient (Wildman–Crippen LogP) is 2.91. The average Bonchev–Trinajstić information content (AvgIpc) is 2.99. The summed E-state index contributed by atoms with van der Waals surface area (Å²) >= 11 is 5.83. The van der Waals surface area contributed by atoms with Crippen LogP contribution in [0.4, 0.5) is 4.39 Å². The van der Waals surface area contributed by atoms with Crippen LogP contribution in [0.1, 0.15) is 24.8 Å². The third kappa shape index (κ3) is 2.30. The lowest BCUT2D eigenvalue weighted by molar-refractivity contribution is 0.404. The highest BCUT2D eigenvalue weighted by Gasteiger charge is 2.37. The minimum absolute atomic E-state index is 0.00806. The molecule has 1 aliphatic rings. The van der Waals surface area contributed by atoms with Crippen molar-refractivity contribution in [2.75, 3.05) is 7.11 Å². The molecular formula is C12H15ClFNO. The van der Waals surface area contributed by atoms with Crippen molar-refractivity contribution >= 4 is 11.6 Å². The van der Waals surface area contributed by atoms with Crippen molar-refractivity contribution in [1.29, 1.82) is 0 Å². The fourth-order valence-electron chi connectivity index (χ4n) is 1.78. The Bertz CT molecular complexity index is 404. The third-order valence-electron chi connectivity index (χ3n) is 3.12. The Morgan fingerprint density at radius 3 is 2.75 bits per heavy atom. The van der Waals surface area contributed by atoms with Crippen molar-refractivity contribution in [2.24, 2.45) is 5.73 Å². The van der Waals surface area contributed by atoms with Crippen molar-refractivity contribution in [3.8, 4) is 5.75 Å². The second-order valence-electron chi connectivity index (χ2n) is 4.42. The molecule has 0 unspecified atom stereocenters. The summed E-state index contributed by atoms with van der Waals surface area (Å²) < 4.78 is 18.3. The first kappa shape index (κ1) is 11.7. The van der Waals surface area contributed by atoms with Crippen LogP contribution in [-0.2, 0) is 6.42 Å². The molecule has 2 rings (SSSR count). The molecule has 2 N–H and O–H groups in total. The van der Waals surface area contributed by atoms with Crippen LogP contribution >= 0.6 is 11.6 Å². The van der Waals surface area contributed by atoms with Crippen molar-refractivity contribution in [2.45, 2.75) is 31.2 Å². The average molecular weight is 244 g/mol. The van der Waals surface area contributed by atoms with Gasteiger partial charge >= 0.3 is 0 Å². The molecule has 1 saturated carbocycles. The maximum absolute atomic E-state index is 13.2. The highest BCUT2D eigenvalue weighted by Crippen LogP contribution is 2.39. The minimum atomic E-state index is -0.448. The fraction of sp³-hybridized carbons (Fsp3) is 0.500. The van der Waals surface area contributed by atoms with E-state index in [1.165, 1.54) is 13.2 Å². The molecule has 1 aromatic carbocycles. The fourth-order valence-corrected chi connectivity index (χ4v) is 2.05. The van der Waals surface area contributed by atoms with E-state index in [2.05, 4.69) is 0 Å². The third-order valence-corrected chi connectivity index (χ3v) is 3.47. The predicted molar refractivity (Wildman–Crippen MR) is 62.4 cm³/mol. The summed E-state index contributed by atoms with van der Waals surface area (Å²) in [5.74, 6) is -0.0120. The number of halogens is 2. The van der Waals surface area contributed by atoms with Gasteiger partial charge in [0.15, 0.2) is 0 Å². The molecule has 0 aliphatic heterocycles. The van der Waals surface area contributed by atoms with E-state index in [9.17, 15) is 4.39 Å². The van der Waals surface area contributed by atoms with Crippen LogP contribution in [0.5, 0.6) is 5.75 Å². The first-order chi connectivity index (χ1) is 7.56. The Morgan fingerprint density at radius 1 is 1.50 bits per heavy atom. The second-order valence-corrected chi connectivity index (χ2v) is 4.79. The van der Waals surface area contributed by atoms with Gasteiger partial charge in [-0.2, -0.15) is 0 Å². The van der Waals surface area contributed by atoms with Crippen LogP contribution in [0, 0.1) is 5.82 Å². The van der Waals surface area contributed by atoms with E-state index < -0.39 is 5.82 Å². The number of benzene rings is 1. The Morgan fingerprint density at radius 2 is 2.19 bits per heavy atom. The number of hydrogen-bond acceptors (Lipinski definition) is 2. The van der Waals surface area contributed by atoms with Gasteiger partial charge in [0.1, 0.15) is 16.6 Å². The van der Waals surface area contributed by atoms with Gasteiger partial charge in [0.25, 0.3) is 0 Å². The summed E-state index contributed by atoms with van der Waals surface area (Å²) in [4.78, 5) is 0. The summed E-state index contributed by atoms with van der Waals surface area (Å²) in [5.41, 5.74) is 6.92. The lowest BCUT2D eigenvalue weighted by Crippen LogP contribution is -2.22. The molecule has 1 aromatic rings. The zero-order chi connectivity index (χ0) is 11.8. The van der Waals surface area contributed by atoms with E-state index in [-0.39, 0.29) is 10.6 Å². The second kappa shape index (κ2) is 4.22. The van der Waals surface area contributed by atoms with Crippen LogP contribution in [0.3, 0.4) is 0 Å². The lowest BCUT2D eigenvalue weighted by atomic mass is 10.0. The maximum Gasteiger partial charge on any atom is 0.145 e. The molecule has 0 bridgehead atoms. The summed E-state index contributed by atoms with van der Waals surface area (Å²) in [6.07, 6.45) is 3.82. The van der Waals surface area contributed by atoms with Gasteiger partial charge < -0.3 is 10.5 Å². The standard InChI is InChI=1S/C12H15ClFNO/c1-16-11-8(2-3-9(14)10(11)13)4-5-12(15)6-7-12/h2-3H,4-7,15H2,1H3. The molecule has 0 spiro atoms. The maximum atomic E-state index is 13.2. The van der Waals surface area contributed by atoms with E-state index >= 15 is 0 Å². The van der Waals surface area contributed by atoms with Crippen molar-refractivity contribution < 1.29 is 9.13 Å². The van der Waals surface area contributed by atoms with E-state index in [0.29, 0.717) is 5.75 Å². The zero-order valence-electron chi connectivity index (χ0n) is 9.22. The zero-order valence-corrected chi connectivity index (χ0v) is 9.98.